The molecule has 0 aliphatic rings. The van der Waals surface area contributed by atoms with Gasteiger partial charge in [0.15, 0.2) is 0 Å². The zero-order valence-corrected chi connectivity index (χ0v) is 12.2. The first-order valence-corrected chi connectivity index (χ1v) is 7.13. The fourth-order valence-corrected chi connectivity index (χ4v) is 2.19. The van der Waals surface area contributed by atoms with E-state index in [1.807, 2.05) is 25.1 Å². The van der Waals surface area contributed by atoms with Gasteiger partial charge in [-0.3, -0.25) is 4.79 Å². The molecule has 106 valence electrons. The van der Waals surface area contributed by atoms with E-state index < -0.39 is 0 Å². The minimum absolute atomic E-state index is 0.139. The Labute approximate surface area is 116 Å². The monoisotopic (exact) mass is 263 g/mol. The van der Waals surface area contributed by atoms with Crippen LogP contribution in [-0.4, -0.2) is 18.6 Å². The Kier molecular flexibility index (Phi) is 7.19. The summed E-state index contributed by atoms with van der Waals surface area (Å²) in [5.74, 6) is 0.146. The van der Waals surface area contributed by atoms with Crippen LogP contribution in [-0.2, 0) is 16.1 Å². The van der Waals surface area contributed by atoms with E-state index in [4.69, 9.17) is 4.74 Å². The molecule has 1 rings (SSSR count). The summed E-state index contributed by atoms with van der Waals surface area (Å²) in [6.45, 7) is 7.20. The van der Waals surface area contributed by atoms with E-state index >= 15 is 0 Å². The zero-order chi connectivity index (χ0) is 14.1. The van der Waals surface area contributed by atoms with Gasteiger partial charge in [-0.2, -0.15) is 0 Å². The molecule has 0 amide bonds. The Bertz CT molecular complexity index is 364. The Balaban J connectivity index is 2.60. The maximum atomic E-state index is 12.0. The van der Waals surface area contributed by atoms with Crippen molar-refractivity contribution in [3.63, 3.8) is 0 Å². The normalized spacial score (nSPS) is 13.8. The highest BCUT2D eigenvalue weighted by Gasteiger charge is 2.25. The van der Waals surface area contributed by atoms with Gasteiger partial charge < -0.3 is 10.1 Å². The summed E-state index contributed by atoms with van der Waals surface area (Å²) in [5.41, 5.74) is 1.18. The quantitative estimate of drug-likeness (QED) is 0.732. The summed E-state index contributed by atoms with van der Waals surface area (Å²) >= 11 is 0. The molecule has 3 heteroatoms. The van der Waals surface area contributed by atoms with Crippen molar-refractivity contribution in [3.8, 4) is 0 Å². The van der Waals surface area contributed by atoms with Crippen molar-refractivity contribution in [3.05, 3.63) is 35.9 Å². The molecule has 0 aromatic heterocycles. The van der Waals surface area contributed by atoms with Gasteiger partial charge in [-0.1, -0.05) is 50.6 Å². The van der Waals surface area contributed by atoms with Crippen LogP contribution in [0.4, 0.5) is 0 Å². The molecule has 0 spiro atoms. The summed E-state index contributed by atoms with van der Waals surface area (Å²) in [5, 5.41) is 3.33. The lowest BCUT2D eigenvalue weighted by atomic mass is 9.96. The molecule has 0 bridgehead atoms. The first-order valence-electron chi connectivity index (χ1n) is 7.13. The molecule has 0 radical (unpaired) electrons. The summed E-state index contributed by atoms with van der Waals surface area (Å²) in [7, 11) is 0. The second-order valence-corrected chi connectivity index (χ2v) is 4.86. The number of carbonyl (C=O) groups excluding carboxylic acids is 1. The molecular weight excluding hydrogens is 238 g/mol. The van der Waals surface area contributed by atoms with E-state index in [9.17, 15) is 4.79 Å². The van der Waals surface area contributed by atoms with Crippen LogP contribution in [0.2, 0.25) is 0 Å². The molecule has 1 aromatic carbocycles. The van der Waals surface area contributed by atoms with E-state index in [0.29, 0.717) is 13.2 Å². The van der Waals surface area contributed by atoms with E-state index in [-0.39, 0.29) is 17.9 Å². The maximum Gasteiger partial charge on any atom is 0.323 e. The topological polar surface area (TPSA) is 38.3 Å². The van der Waals surface area contributed by atoms with E-state index in [0.717, 1.165) is 12.8 Å². The first-order chi connectivity index (χ1) is 9.19. The second kappa shape index (κ2) is 8.70. The Morgan fingerprint density at radius 1 is 1.26 bits per heavy atom. The molecule has 0 aliphatic carbocycles. The van der Waals surface area contributed by atoms with Gasteiger partial charge >= 0.3 is 5.97 Å². The third-order valence-corrected chi connectivity index (χ3v) is 3.22. The number of ether oxygens (including phenoxy) is 1. The third kappa shape index (κ3) is 5.43. The van der Waals surface area contributed by atoms with Crippen LogP contribution in [0.3, 0.4) is 0 Å². The number of hydrogen-bond acceptors (Lipinski definition) is 3. The molecule has 2 atom stereocenters. The van der Waals surface area contributed by atoms with Gasteiger partial charge in [0, 0.05) is 6.54 Å². The van der Waals surface area contributed by atoms with Crippen LogP contribution >= 0.6 is 0 Å². The van der Waals surface area contributed by atoms with Gasteiger partial charge in [0.25, 0.3) is 0 Å². The van der Waals surface area contributed by atoms with Crippen LogP contribution in [0.1, 0.15) is 39.2 Å². The van der Waals surface area contributed by atoms with Gasteiger partial charge in [-0.25, -0.2) is 0 Å². The average Bonchev–Trinajstić information content (AvgIpc) is 2.41. The average molecular weight is 263 g/mol. The van der Waals surface area contributed by atoms with E-state index in [2.05, 4.69) is 31.3 Å². The third-order valence-electron chi connectivity index (χ3n) is 3.22. The smallest absolute Gasteiger partial charge is 0.323 e. The van der Waals surface area contributed by atoms with Crippen LogP contribution in [0.15, 0.2) is 30.3 Å². The zero-order valence-electron chi connectivity index (χ0n) is 12.2. The molecule has 0 aliphatic heterocycles. The van der Waals surface area contributed by atoms with E-state index in [1.165, 1.54) is 5.56 Å². The van der Waals surface area contributed by atoms with Gasteiger partial charge in [-0.05, 0) is 24.8 Å². The number of rotatable bonds is 8. The molecule has 19 heavy (non-hydrogen) atoms. The number of carbonyl (C=O) groups is 1. The van der Waals surface area contributed by atoms with Crippen LogP contribution < -0.4 is 5.32 Å². The first kappa shape index (κ1) is 15.7. The Hall–Kier alpha value is -1.35. The molecular formula is C16H25NO2. The largest absolute Gasteiger partial charge is 0.465 e. The molecule has 0 saturated heterocycles. The van der Waals surface area contributed by atoms with Gasteiger partial charge in [0.05, 0.1) is 6.61 Å². The van der Waals surface area contributed by atoms with Crippen molar-refractivity contribution < 1.29 is 9.53 Å². The second-order valence-electron chi connectivity index (χ2n) is 4.86. The molecule has 2 unspecified atom stereocenters. The molecule has 1 N–H and O–H groups in total. The molecule has 3 nitrogen and oxygen atoms in total. The standard InChI is InChI=1S/C16H25NO2/c1-4-9-13(3)15(16(18)19-5-2)17-12-14-10-7-6-8-11-14/h6-8,10-11,13,15,17H,4-5,9,12H2,1-3H3. The van der Waals surface area contributed by atoms with Crippen molar-refractivity contribution in [2.75, 3.05) is 6.61 Å². The number of esters is 1. The Morgan fingerprint density at radius 2 is 1.95 bits per heavy atom. The fourth-order valence-electron chi connectivity index (χ4n) is 2.19. The number of nitrogens with one attached hydrogen (secondary N) is 1. The van der Waals surface area contributed by atoms with Gasteiger partial charge in [0.2, 0.25) is 0 Å². The number of hydrogen-bond donors (Lipinski definition) is 1. The lowest BCUT2D eigenvalue weighted by molar-refractivity contribution is -0.147. The minimum Gasteiger partial charge on any atom is -0.465 e. The van der Waals surface area contributed by atoms with Crippen molar-refractivity contribution >= 4 is 5.97 Å². The molecule has 1 aromatic rings. The predicted octanol–water partition coefficient (Wildman–Crippen LogP) is 3.14. The van der Waals surface area contributed by atoms with E-state index in [1.54, 1.807) is 0 Å². The summed E-state index contributed by atoms with van der Waals surface area (Å²) in [6, 6.07) is 9.89. The minimum atomic E-state index is -0.222. The SMILES string of the molecule is CCCC(C)C(NCc1ccccc1)C(=O)OCC. The highest BCUT2D eigenvalue weighted by atomic mass is 16.5. The fraction of sp³-hybridized carbons (Fsp3) is 0.562. The van der Waals surface area contributed by atoms with Gasteiger partial charge in [0.1, 0.15) is 6.04 Å². The molecule has 0 heterocycles. The van der Waals surface area contributed by atoms with Crippen molar-refractivity contribution in [2.45, 2.75) is 46.2 Å². The summed E-state index contributed by atoms with van der Waals surface area (Å²) in [4.78, 5) is 12.0. The highest BCUT2D eigenvalue weighted by molar-refractivity contribution is 5.76. The van der Waals surface area contributed by atoms with Crippen molar-refractivity contribution in [1.82, 2.24) is 5.32 Å². The molecule has 0 fully saturated rings. The molecule has 0 saturated carbocycles. The van der Waals surface area contributed by atoms with Gasteiger partial charge in [-0.15, -0.1) is 0 Å². The number of benzene rings is 1. The van der Waals surface area contributed by atoms with Crippen LogP contribution in [0.25, 0.3) is 0 Å². The predicted molar refractivity (Wildman–Crippen MR) is 77.8 cm³/mol. The summed E-state index contributed by atoms with van der Waals surface area (Å²) in [6.07, 6.45) is 2.09. The lowest BCUT2D eigenvalue weighted by Crippen LogP contribution is -2.42. The van der Waals surface area contributed by atoms with Crippen molar-refractivity contribution in [2.24, 2.45) is 5.92 Å². The Morgan fingerprint density at radius 3 is 2.53 bits per heavy atom. The lowest BCUT2D eigenvalue weighted by Gasteiger charge is -2.23. The highest BCUT2D eigenvalue weighted by Crippen LogP contribution is 2.13. The van der Waals surface area contributed by atoms with Crippen LogP contribution in [0, 0.1) is 5.92 Å². The summed E-state index contributed by atoms with van der Waals surface area (Å²) < 4.78 is 5.16. The van der Waals surface area contributed by atoms with Crippen molar-refractivity contribution in [1.29, 1.82) is 0 Å². The maximum absolute atomic E-state index is 12.0. The van der Waals surface area contributed by atoms with Crippen LogP contribution in [0.5, 0.6) is 0 Å².